The first-order chi connectivity index (χ1) is 11.1. The Morgan fingerprint density at radius 2 is 1.96 bits per heavy atom. The van der Waals surface area contributed by atoms with Crippen molar-refractivity contribution >= 4 is 29.9 Å². The molecule has 0 aliphatic carbocycles. The van der Waals surface area contributed by atoms with Crippen molar-refractivity contribution in [2.45, 2.75) is 19.8 Å². The molecule has 0 radical (unpaired) electrons. The fourth-order valence-corrected chi connectivity index (χ4v) is 2.93. The number of H-pyrrole nitrogens is 1. The molecule has 3 rings (SSSR count). The zero-order valence-electron chi connectivity index (χ0n) is 13.6. The van der Waals surface area contributed by atoms with Crippen LogP contribution in [0.25, 0.3) is 11.3 Å². The van der Waals surface area contributed by atoms with Crippen molar-refractivity contribution in [1.82, 2.24) is 20.8 Å². The lowest BCUT2D eigenvalue weighted by molar-refractivity contribution is 0.0917. The number of carbonyl (C=O) groups excluding carboxylic acids is 1. The number of nitrogens with zero attached hydrogens (tertiary/aromatic N) is 1. The number of rotatable bonds is 4. The molecular weight excluding hydrogens is 347 g/mol. The number of aromatic nitrogens is 2. The molecule has 1 aliphatic rings. The number of hydrogen-bond donors (Lipinski definition) is 3. The van der Waals surface area contributed by atoms with E-state index in [1.165, 1.54) is 0 Å². The highest BCUT2D eigenvalue weighted by atomic mass is 35.5. The number of amides is 1. The second kappa shape index (κ2) is 8.01. The molecule has 1 saturated heterocycles. The normalized spacial score (nSPS) is 16.2. The van der Waals surface area contributed by atoms with Crippen LogP contribution in [0.5, 0.6) is 0 Å². The van der Waals surface area contributed by atoms with Gasteiger partial charge in [0.15, 0.2) is 0 Å². The molecule has 1 aliphatic heterocycles. The SMILES string of the molecule is CC1(CNC(=O)c2cc(-c3ccc(Cl)cc3)n[nH]2)CCNCC1.Cl. The second-order valence-corrected chi connectivity index (χ2v) is 6.85. The second-order valence-electron chi connectivity index (χ2n) is 6.42. The van der Waals surface area contributed by atoms with Crippen LogP contribution in [-0.2, 0) is 0 Å². The summed E-state index contributed by atoms with van der Waals surface area (Å²) in [5.41, 5.74) is 2.31. The Labute approximate surface area is 153 Å². The minimum atomic E-state index is -0.113. The summed E-state index contributed by atoms with van der Waals surface area (Å²) in [4.78, 5) is 12.3. The van der Waals surface area contributed by atoms with E-state index in [1.807, 2.05) is 24.3 Å². The van der Waals surface area contributed by atoms with Crippen LogP contribution in [0.4, 0.5) is 0 Å². The van der Waals surface area contributed by atoms with E-state index >= 15 is 0 Å². The highest BCUT2D eigenvalue weighted by Gasteiger charge is 2.27. The van der Waals surface area contributed by atoms with E-state index in [0.717, 1.165) is 37.2 Å². The maximum absolute atomic E-state index is 12.3. The Morgan fingerprint density at radius 1 is 1.29 bits per heavy atom. The first-order valence-corrected chi connectivity index (χ1v) is 8.24. The molecule has 3 N–H and O–H groups in total. The Bertz CT molecular complexity index is 678. The van der Waals surface area contributed by atoms with Crippen molar-refractivity contribution in [2.75, 3.05) is 19.6 Å². The molecule has 0 bridgehead atoms. The number of hydrogen-bond acceptors (Lipinski definition) is 3. The first-order valence-electron chi connectivity index (χ1n) is 7.86. The summed E-state index contributed by atoms with van der Waals surface area (Å²) in [6.07, 6.45) is 2.15. The predicted octanol–water partition coefficient (Wildman–Crippen LogP) is 3.27. The molecule has 1 fully saturated rings. The maximum atomic E-state index is 12.3. The number of nitrogens with one attached hydrogen (secondary N) is 3. The Balaban J connectivity index is 0.00000208. The van der Waals surface area contributed by atoms with Crippen LogP contribution in [0.1, 0.15) is 30.3 Å². The first kappa shape index (κ1) is 18.8. The van der Waals surface area contributed by atoms with Gasteiger partial charge in [0.05, 0.1) is 5.69 Å². The third-order valence-corrected chi connectivity index (χ3v) is 4.70. The average molecular weight is 369 g/mol. The van der Waals surface area contributed by atoms with Gasteiger partial charge in [-0.15, -0.1) is 12.4 Å². The summed E-state index contributed by atoms with van der Waals surface area (Å²) in [6, 6.07) is 9.16. The molecule has 0 unspecified atom stereocenters. The van der Waals surface area contributed by atoms with Crippen LogP contribution in [-0.4, -0.2) is 35.7 Å². The van der Waals surface area contributed by atoms with Crippen molar-refractivity contribution in [3.8, 4) is 11.3 Å². The minimum absolute atomic E-state index is 0. The van der Waals surface area contributed by atoms with Gasteiger partial charge in [-0.05, 0) is 49.5 Å². The van der Waals surface area contributed by atoms with E-state index in [-0.39, 0.29) is 23.7 Å². The number of aromatic amines is 1. The molecule has 0 atom stereocenters. The van der Waals surface area contributed by atoms with Gasteiger partial charge in [-0.1, -0.05) is 30.7 Å². The molecule has 2 heterocycles. The molecule has 5 nitrogen and oxygen atoms in total. The lowest BCUT2D eigenvalue weighted by atomic mass is 9.81. The summed E-state index contributed by atoms with van der Waals surface area (Å²) in [6.45, 7) is 4.93. The summed E-state index contributed by atoms with van der Waals surface area (Å²) >= 11 is 5.89. The Hall–Kier alpha value is -1.56. The number of benzene rings is 1. The Kier molecular flexibility index (Phi) is 6.27. The third kappa shape index (κ3) is 4.50. The largest absolute Gasteiger partial charge is 0.350 e. The highest BCUT2D eigenvalue weighted by molar-refractivity contribution is 6.30. The van der Waals surface area contributed by atoms with E-state index in [9.17, 15) is 4.79 Å². The Morgan fingerprint density at radius 3 is 2.62 bits per heavy atom. The van der Waals surface area contributed by atoms with Crippen molar-refractivity contribution in [1.29, 1.82) is 0 Å². The van der Waals surface area contributed by atoms with Gasteiger partial charge >= 0.3 is 0 Å². The summed E-state index contributed by atoms with van der Waals surface area (Å²) in [7, 11) is 0. The van der Waals surface area contributed by atoms with Crippen LogP contribution in [0.3, 0.4) is 0 Å². The summed E-state index contributed by atoms with van der Waals surface area (Å²) in [5.74, 6) is -0.113. The van der Waals surface area contributed by atoms with Crippen molar-refractivity contribution in [2.24, 2.45) is 5.41 Å². The fourth-order valence-electron chi connectivity index (χ4n) is 2.80. The van der Waals surface area contributed by atoms with Crippen molar-refractivity contribution in [3.05, 3.63) is 41.0 Å². The fraction of sp³-hybridized carbons (Fsp3) is 0.412. The van der Waals surface area contributed by atoms with Gasteiger partial charge in [-0.25, -0.2) is 0 Å². The monoisotopic (exact) mass is 368 g/mol. The van der Waals surface area contributed by atoms with E-state index < -0.39 is 0 Å². The molecule has 1 aromatic carbocycles. The molecule has 1 aromatic heterocycles. The van der Waals surface area contributed by atoms with Crippen molar-refractivity contribution < 1.29 is 4.79 Å². The lowest BCUT2D eigenvalue weighted by Crippen LogP contribution is -2.42. The molecule has 1 amide bonds. The van der Waals surface area contributed by atoms with Gasteiger partial charge in [-0.2, -0.15) is 5.10 Å². The topological polar surface area (TPSA) is 69.8 Å². The summed E-state index contributed by atoms with van der Waals surface area (Å²) in [5, 5.41) is 14.1. The van der Waals surface area contributed by atoms with E-state index in [4.69, 9.17) is 11.6 Å². The number of carbonyl (C=O) groups is 1. The van der Waals surface area contributed by atoms with Gasteiger partial charge < -0.3 is 10.6 Å². The molecule has 130 valence electrons. The zero-order valence-corrected chi connectivity index (χ0v) is 15.1. The van der Waals surface area contributed by atoms with Gasteiger partial charge in [0.2, 0.25) is 0 Å². The zero-order chi connectivity index (χ0) is 16.3. The van der Waals surface area contributed by atoms with Crippen LogP contribution >= 0.6 is 24.0 Å². The van der Waals surface area contributed by atoms with E-state index in [2.05, 4.69) is 27.8 Å². The quantitative estimate of drug-likeness (QED) is 0.775. The van der Waals surface area contributed by atoms with Gasteiger partial charge in [0.25, 0.3) is 5.91 Å². The number of piperidine rings is 1. The smallest absolute Gasteiger partial charge is 0.269 e. The summed E-state index contributed by atoms with van der Waals surface area (Å²) < 4.78 is 0. The van der Waals surface area contributed by atoms with E-state index in [1.54, 1.807) is 6.07 Å². The molecule has 0 saturated carbocycles. The molecule has 24 heavy (non-hydrogen) atoms. The van der Waals surface area contributed by atoms with Gasteiger partial charge in [-0.3, -0.25) is 9.89 Å². The third-order valence-electron chi connectivity index (χ3n) is 4.45. The lowest BCUT2D eigenvalue weighted by Gasteiger charge is -2.34. The van der Waals surface area contributed by atoms with Crippen molar-refractivity contribution in [3.63, 3.8) is 0 Å². The molecule has 2 aromatic rings. The average Bonchev–Trinajstić information content (AvgIpc) is 3.04. The predicted molar refractivity (Wildman–Crippen MR) is 98.8 cm³/mol. The molecule has 0 spiro atoms. The van der Waals surface area contributed by atoms with Crippen LogP contribution in [0.2, 0.25) is 5.02 Å². The van der Waals surface area contributed by atoms with Crippen LogP contribution < -0.4 is 10.6 Å². The van der Waals surface area contributed by atoms with Gasteiger partial charge in [0.1, 0.15) is 5.69 Å². The van der Waals surface area contributed by atoms with E-state index in [0.29, 0.717) is 17.3 Å². The highest BCUT2D eigenvalue weighted by Crippen LogP contribution is 2.27. The van der Waals surface area contributed by atoms with Crippen LogP contribution in [0, 0.1) is 5.41 Å². The standard InChI is InChI=1S/C17H21ClN4O.ClH/c1-17(6-8-19-9-7-17)11-20-16(23)15-10-14(21-22-15)12-2-4-13(18)5-3-12;/h2-5,10,19H,6-9,11H2,1H3,(H,20,23)(H,21,22);1H. The van der Waals surface area contributed by atoms with Gasteiger partial charge in [0, 0.05) is 17.1 Å². The van der Waals surface area contributed by atoms with Crippen LogP contribution in [0.15, 0.2) is 30.3 Å². The molecule has 7 heteroatoms. The minimum Gasteiger partial charge on any atom is -0.350 e. The number of halogens is 2. The molecular formula is C17H22Cl2N4O. The maximum Gasteiger partial charge on any atom is 0.269 e.